The SMILES string of the molecule is CCOc1ccc(Nc2c(C)c(NCCN)c(C#N)c3ccnn23)cc1. The minimum Gasteiger partial charge on any atom is -0.494 e. The van der Waals surface area contributed by atoms with Gasteiger partial charge in [-0.2, -0.15) is 10.4 Å². The highest BCUT2D eigenvalue weighted by molar-refractivity contribution is 5.82. The number of anilines is 3. The number of nitrogens with zero attached hydrogens (tertiary/aromatic N) is 3. The van der Waals surface area contributed by atoms with Crippen molar-refractivity contribution in [1.82, 2.24) is 9.61 Å². The van der Waals surface area contributed by atoms with Crippen LogP contribution in [0.15, 0.2) is 36.5 Å². The van der Waals surface area contributed by atoms with E-state index in [1.54, 1.807) is 10.7 Å². The Morgan fingerprint density at radius 3 is 2.69 bits per heavy atom. The lowest BCUT2D eigenvalue weighted by atomic mass is 10.1. The Morgan fingerprint density at radius 1 is 1.27 bits per heavy atom. The van der Waals surface area contributed by atoms with Crippen molar-refractivity contribution in [3.05, 3.63) is 47.7 Å². The molecule has 0 saturated heterocycles. The van der Waals surface area contributed by atoms with E-state index < -0.39 is 0 Å². The van der Waals surface area contributed by atoms with Gasteiger partial charge in [-0.15, -0.1) is 0 Å². The number of rotatable bonds is 7. The lowest BCUT2D eigenvalue weighted by molar-refractivity contribution is 0.340. The van der Waals surface area contributed by atoms with E-state index in [4.69, 9.17) is 10.5 Å². The van der Waals surface area contributed by atoms with Gasteiger partial charge in [0.15, 0.2) is 0 Å². The first-order valence-corrected chi connectivity index (χ1v) is 8.53. The third-order valence-electron chi connectivity index (χ3n) is 4.08. The van der Waals surface area contributed by atoms with Gasteiger partial charge < -0.3 is 21.1 Å². The van der Waals surface area contributed by atoms with Crippen LogP contribution in [0.5, 0.6) is 5.75 Å². The maximum absolute atomic E-state index is 9.62. The average molecular weight is 350 g/mol. The predicted octanol–water partition coefficient (Wildman–Crippen LogP) is 3.03. The number of nitriles is 1. The fourth-order valence-electron chi connectivity index (χ4n) is 2.88. The molecule has 26 heavy (non-hydrogen) atoms. The lowest BCUT2D eigenvalue weighted by Crippen LogP contribution is -2.16. The molecule has 0 atom stereocenters. The monoisotopic (exact) mass is 350 g/mol. The summed E-state index contributed by atoms with van der Waals surface area (Å²) in [6.07, 6.45) is 1.69. The molecule has 0 saturated carbocycles. The number of hydrogen-bond donors (Lipinski definition) is 3. The Kier molecular flexibility index (Phi) is 5.25. The van der Waals surface area contributed by atoms with Gasteiger partial charge in [-0.25, -0.2) is 4.52 Å². The summed E-state index contributed by atoms with van der Waals surface area (Å²) in [4.78, 5) is 0. The number of benzene rings is 1. The van der Waals surface area contributed by atoms with Crippen LogP contribution in [0.4, 0.5) is 17.2 Å². The average Bonchev–Trinajstić information content (AvgIpc) is 3.13. The Labute approximate surface area is 152 Å². The number of hydrogen-bond acceptors (Lipinski definition) is 6. The first kappa shape index (κ1) is 17.6. The van der Waals surface area contributed by atoms with E-state index in [1.165, 1.54) is 0 Å². The lowest BCUT2D eigenvalue weighted by Gasteiger charge is -2.18. The van der Waals surface area contributed by atoms with E-state index in [0.29, 0.717) is 25.3 Å². The maximum atomic E-state index is 9.62. The van der Waals surface area contributed by atoms with E-state index in [0.717, 1.165) is 34.0 Å². The molecule has 2 aromatic heterocycles. The van der Waals surface area contributed by atoms with E-state index in [2.05, 4.69) is 21.8 Å². The highest BCUT2D eigenvalue weighted by Crippen LogP contribution is 2.33. The van der Waals surface area contributed by atoms with E-state index >= 15 is 0 Å². The zero-order valence-electron chi connectivity index (χ0n) is 14.9. The minimum atomic E-state index is 0.483. The Balaban J connectivity index is 2.05. The molecule has 2 heterocycles. The normalized spacial score (nSPS) is 10.5. The number of fused-ring (bicyclic) bond motifs is 1. The molecule has 0 amide bonds. The van der Waals surface area contributed by atoms with Gasteiger partial charge in [-0.1, -0.05) is 0 Å². The third kappa shape index (κ3) is 3.27. The molecule has 3 aromatic rings. The van der Waals surface area contributed by atoms with Gasteiger partial charge in [0, 0.05) is 24.3 Å². The molecule has 0 bridgehead atoms. The summed E-state index contributed by atoms with van der Waals surface area (Å²) in [5.74, 6) is 1.62. The molecule has 0 fully saturated rings. The third-order valence-corrected chi connectivity index (χ3v) is 4.08. The van der Waals surface area contributed by atoms with Crippen LogP contribution in [0.3, 0.4) is 0 Å². The second-order valence-electron chi connectivity index (χ2n) is 5.76. The highest BCUT2D eigenvalue weighted by Gasteiger charge is 2.17. The van der Waals surface area contributed by atoms with Crippen molar-refractivity contribution in [2.45, 2.75) is 13.8 Å². The van der Waals surface area contributed by atoms with Crippen LogP contribution in [0.25, 0.3) is 5.52 Å². The molecule has 3 rings (SSSR count). The van der Waals surface area contributed by atoms with Gasteiger partial charge in [-0.3, -0.25) is 0 Å². The summed E-state index contributed by atoms with van der Waals surface area (Å²) in [5.41, 5.74) is 9.51. The van der Waals surface area contributed by atoms with Gasteiger partial charge in [0.25, 0.3) is 0 Å². The molecule has 0 aliphatic rings. The van der Waals surface area contributed by atoms with E-state index in [1.807, 2.05) is 44.2 Å². The molecule has 4 N–H and O–H groups in total. The number of ether oxygens (including phenoxy) is 1. The van der Waals surface area contributed by atoms with Crippen molar-refractivity contribution < 1.29 is 4.74 Å². The number of aromatic nitrogens is 2. The van der Waals surface area contributed by atoms with Crippen LogP contribution in [0.2, 0.25) is 0 Å². The second-order valence-corrected chi connectivity index (χ2v) is 5.76. The number of pyridine rings is 1. The minimum absolute atomic E-state index is 0.483. The largest absolute Gasteiger partial charge is 0.494 e. The predicted molar refractivity (Wildman–Crippen MR) is 103 cm³/mol. The van der Waals surface area contributed by atoms with Crippen LogP contribution in [0.1, 0.15) is 18.1 Å². The molecule has 0 aliphatic carbocycles. The Bertz CT molecular complexity index is 939. The molecular formula is C19H22N6O. The van der Waals surface area contributed by atoms with Crippen molar-refractivity contribution in [2.75, 3.05) is 30.3 Å². The fraction of sp³-hybridized carbons (Fsp3) is 0.263. The standard InChI is InChI=1S/C19H22N6O/c1-3-26-15-6-4-14(5-7-15)24-19-13(2)18(22-11-9-20)16(12-21)17-8-10-23-25(17)19/h4-8,10,22,24H,3,9,11,20H2,1-2H3. The van der Waals surface area contributed by atoms with Crippen LogP contribution < -0.4 is 21.1 Å². The number of nitrogens with one attached hydrogen (secondary N) is 2. The molecule has 0 aliphatic heterocycles. The van der Waals surface area contributed by atoms with Gasteiger partial charge in [-0.05, 0) is 44.2 Å². The van der Waals surface area contributed by atoms with Crippen LogP contribution in [-0.4, -0.2) is 29.3 Å². The Hall–Kier alpha value is -3.24. The van der Waals surface area contributed by atoms with Crippen LogP contribution >= 0.6 is 0 Å². The van der Waals surface area contributed by atoms with Crippen molar-refractivity contribution in [3.63, 3.8) is 0 Å². The van der Waals surface area contributed by atoms with Gasteiger partial charge in [0.1, 0.15) is 23.2 Å². The zero-order valence-corrected chi connectivity index (χ0v) is 14.9. The summed E-state index contributed by atoms with van der Waals surface area (Å²) in [5, 5.41) is 20.7. The summed E-state index contributed by atoms with van der Waals surface area (Å²) >= 11 is 0. The molecule has 7 nitrogen and oxygen atoms in total. The fourth-order valence-corrected chi connectivity index (χ4v) is 2.88. The molecule has 0 spiro atoms. The summed E-state index contributed by atoms with van der Waals surface area (Å²) < 4.78 is 7.23. The van der Waals surface area contributed by atoms with Gasteiger partial charge >= 0.3 is 0 Å². The van der Waals surface area contributed by atoms with Crippen molar-refractivity contribution in [2.24, 2.45) is 5.73 Å². The van der Waals surface area contributed by atoms with Gasteiger partial charge in [0.05, 0.1) is 24.0 Å². The molecule has 7 heteroatoms. The maximum Gasteiger partial charge on any atom is 0.137 e. The number of nitrogens with two attached hydrogens (primary N) is 1. The molecule has 0 unspecified atom stereocenters. The van der Waals surface area contributed by atoms with Crippen molar-refractivity contribution in [3.8, 4) is 11.8 Å². The van der Waals surface area contributed by atoms with Gasteiger partial charge in [0.2, 0.25) is 0 Å². The highest BCUT2D eigenvalue weighted by atomic mass is 16.5. The molecule has 134 valence electrons. The first-order valence-electron chi connectivity index (χ1n) is 8.53. The molecule has 0 radical (unpaired) electrons. The van der Waals surface area contributed by atoms with E-state index in [-0.39, 0.29) is 0 Å². The van der Waals surface area contributed by atoms with E-state index in [9.17, 15) is 5.26 Å². The first-order chi connectivity index (χ1) is 12.7. The smallest absolute Gasteiger partial charge is 0.137 e. The second kappa shape index (κ2) is 7.76. The molecule has 1 aromatic carbocycles. The van der Waals surface area contributed by atoms with Crippen LogP contribution in [0, 0.1) is 18.3 Å². The summed E-state index contributed by atoms with van der Waals surface area (Å²) in [6, 6.07) is 11.8. The van der Waals surface area contributed by atoms with Crippen molar-refractivity contribution in [1.29, 1.82) is 5.26 Å². The molecular weight excluding hydrogens is 328 g/mol. The van der Waals surface area contributed by atoms with Crippen LogP contribution in [-0.2, 0) is 0 Å². The Morgan fingerprint density at radius 2 is 2.04 bits per heavy atom. The zero-order chi connectivity index (χ0) is 18.5. The quantitative estimate of drug-likeness (QED) is 0.605. The summed E-state index contributed by atoms with van der Waals surface area (Å²) in [7, 11) is 0. The summed E-state index contributed by atoms with van der Waals surface area (Å²) in [6.45, 7) is 5.61. The topological polar surface area (TPSA) is 100 Å². The van der Waals surface area contributed by atoms with Crippen molar-refractivity contribution >= 4 is 22.7 Å².